The van der Waals surface area contributed by atoms with Crippen LogP contribution < -0.4 is 10.6 Å². The van der Waals surface area contributed by atoms with Crippen molar-refractivity contribution in [1.29, 1.82) is 0 Å². The average molecular weight is 210 g/mol. The Balaban J connectivity index is 2.28. The molecule has 1 saturated heterocycles. The summed E-state index contributed by atoms with van der Waals surface area (Å²) in [5, 5.41) is 4.32. The van der Waals surface area contributed by atoms with Crippen molar-refractivity contribution >= 4 is 11.5 Å². The lowest BCUT2D eigenvalue weighted by molar-refractivity contribution is 0.0527. The number of nitrogen functional groups attached to an aromatic ring is 1. The van der Waals surface area contributed by atoms with Crippen molar-refractivity contribution < 1.29 is 4.74 Å². The van der Waals surface area contributed by atoms with Gasteiger partial charge in [0.15, 0.2) is 5.82 Å². The van der Waals surface area contributed by atoms with Crippen LogP contribution >= 0.6 is 0 Å². The van der Waals surface area contributed by atoms with E-state index in [0.717, 1.165) is 36.9 Å². The summed E-state index contributed by atoms with van der Waals surface area (Å²) in [7, 11) is 1.93. The van der Waals surface area contributed by atoms with E-state index < -0.39 is 0 Å². The Morgan fingerprint density at radius 2 is 2.27 bits per heavy atom. The molecule has 2 N–H and O–H groups in total. The molecule has 0 saturated carbocycles. The third-order valence-corrected chi connectivity index (χ3v) is 2.78. The van der Waals surface area contributed by atoms with E-state index in [1.54, 1.807) is 0 Å². The molecule has 5 heteroatoms. The smallest absolute Gasteiger partial charge is 0.150 e. The van der Waals surface area contributed by atoms with E-state index in [0.29, 0.717) is 0 Å². The van der Waals surface area contributed by atoms with Gasteiger partial charge in [-0.1, -0.05) is 0 Å². The topological polar surface area (TPSA) is 56.3 Å². The molecule has 15 heavy (non-hydrogen) atoms. The number of aryl methyl sites for hydroxylation is 2. The van der Waals surface area contributed by atoms with Crippen LogP contribution in [0.2, 0.25) is 0 Å². The van der Waals surface area contributed by atoms with Crippen molar-refractivity contribution in [3.63, 3.8) is 0 Å². The molecule has 0 amide bonds. The Labute approximate surface area is 89.8 Å². The zero-order valence-electron chi connectivity index (χ0n) is 9.53. The van der Waals surface area contributed by atoms with Gasteiger partial charge in [-0.15, -0.1) is 0 Å². The second-order valence-electron chi connectivity index (χ2n) is 4.07. The second-order valence-corrected chi connectivity index (χ2v) is 4.07. The van der Waals surface area contributed by atoms with Gasteiger partial charge in [-0.25, -0.2) is 0 Å². The lowest BCUT2D eigenvalue weighted by atomic mass is 10.3. The maximum absolute atomic E-state index is 6.01. The highest BCUT2D eigenvalue weighted by Crippen LogP contribution is 2.26. The monoisotopic (exact) mass is 210 g/mol. The quantitative estimate of drug-likeness (QED) is 0.735. The molecule has 0 spiro atoms. The Bertz CT molecular complexity index is 361. The van der Waals surface area contributed by atoms with Crippen molar-refractivity contribution in [1.82, 2.24) is 9.78 Å². The Kier molecular flexibility index (Phi) is 2.56. The Morgan fingerprint density at radius 3 is 2.80 bits per heavy atom. The number of nitrogens with two attached hydrogens (primary N) is 1. The normalized spacial score (nSPS) is 22.1. The maximum atomic E-state index is 6.01. The summed E-state index contributed by atoms with van der Waals surface area (Å²) in [4.78, 5) is 2.24. The van der Waals surface area contributed by atoms with Crippen LogP contribution in [-0.4, -0.2) is 35.6 Å². The van der Waals surface area contributed by atoms with Gasteiger partial charge >= 0.3 is 0 Å². The maximum Gasteiger partial charge on any atom is 0.150 e. The van der Waals surface area contributed by atoms with Gasteiger partial charge in [0, 0.05) is 20.1 Å². The zero-order chi connectivity index (χ0) is 11.0. The van der Waals surface area contributed by atoms with Gasteiger partial charge in [0.05, 0.1) is 24.1 Å². The fourth-order valence-electron chi connectivity index (χ4n) is 2.05. The van der Waals surface area contributed by atoms with Crippen LogP contribution in [0.5, 0.6) is 0 Å². The van der Waals surface area contributed by atoms with Crippen LogP contribution in [0.3, 0.4) is 0 Å². The molecule has 1 aliphatic heterocycles. The largest absolute Gasteiger partial charge is 0.394 e. The number of morpholine rings is 1. The predicted octanol–water partition coefficient (Wildman–Crippen LogP) is 0.536. The van der Waals surface area contributed by atoms with Crippen molar-refractivity contribution in [2.75, 3.05) is 30.3 Å². The molecule has 5 nitrogen and oxygen atoms in total. The van der Waals surface area contributed by atoms with E-state index in [2.05, 4.69) is 16.9 Å². The first-order valence-electron chi connectivity index (χ1n) is 5.25. The fourth-order valence-corrected chi connectivity index (χ4v) is 2.05. The second kappa shape index (κ2) is 3.73. The average Bonchev–Trinajstić information content (AvgIpc) is 2.41. The molecule has 1 aromatic rings. The van der Waals surface area contributed by atoms with E-state index in [4.69, 9.17) is 10.5 Å². The number of rotatable bonds is 1. The summed E-state index contributed by atoms with van der Waals surface area (Å²) in [5.74, 6) is 1.02. The minimum atomic E-state index is 0.258. The molecule has 84 valence electrons. The lowest BCUT2D eigenvalue weighted by Gasteiger charge is -2.32. The highest BCUT2D eigenvalue weighted by atomic mass is 16.5. The minimum absolute atomic E-state index is 0.258. The Hall–Kier alpha value is -1.23. The first kappa shape index (κ1) is 10.3. The number of anilines is 2. The third kappa shape index (κ3) is 1.79. The molecule has 1 aromatic heterocycles. The molecular weight excluding hydrogens is 192 g/mol. The molecule has 0 aromatic carbocycles. The summed E-state index contributed by atoms with van der Waals surface area (Å²) in [6.07, 6.45) is 0.258. The first-order chi connectivity index (χ1) is 7.09. The summed E-state index contributed by atoms with van der Waals surface area (Å²) in [6, 6.07) is 0. The van der Waals surface area contributed by atoms with E-state index in [-0.39, 0.29) is 6.10 Å². The lowest BCUT2D eigenvalue weighted by Crippen LogP contribution is -2.42. The Morgan fingerprint density at radius 1 is 1.53 bits per heavy atom. The highest BCUT2D eigenvalue weighted by molar-refractivity contribution is 5.66. The van der Waals surface area contributed by atoms with Gasteiger partial charge in [-0.3, -0.25) is 4.68 Å². The van der Waals surface area contributed by atoms with Crippen LogP contribution in [0.25, 0.3) is 0 Å². The number of nitrogens with zero attached hydrogens (tertiary/aromatic N) is 3. The summed E-state index contributed by atoms with van der Waals surface area (Å²) in [6.45, 7) is 6.52. The van der Waals surface area contributed by atoms with Crippen molar-refractivity contribution in [3.8, 4) is 0 Å². The summed E-state index contributed by atoms with van der Waals surface area (Å²) < 4.78 is 7.35. The van der Waals surface area contributed by atoms with Crippen LogP contribution in [0.15, 0.2) is 0 Å². The molecule has 0 aliphatic carbocycles. The minimum Gasteiger partial charge on any atom is -0.394 e. The van der Waals surface area contributed by atoms with Crippen LogP contribution in [0, 0.1) is 6.92 Å². The van der Waals surface area contributed by atoms with Gasteiger partial charge in [0.25, 0.3) is 0 Å². The fraction of sp³-hybridized carbons (Fsp3) is 0.700. The third-order valence-electron chi connectivity index (χ3n) is 2.78. The van der Waals surface area contributed by atoms with Gasteiger partial charge in [-0.05, 0) is 13.8 Å². The number of ether oxygens (including phenoxy) is 1. The van der Waals surface area contributed by atoms with E-state index in [1.807, 2.05) is 18.7 Å². The number of hydrogen-bond donors (Lipinski definition) is 1. The molecule has 2 rings (SSSR count). The van der Waals surface area contributed by atoms with E-state index in [9.17, 15) is 0 Å². The van der Waals surface area contributed by atoms with Gasteiger partial charge < -0.3 is 15.4 Å². The van der Waals surface area contributed by atoms with E-state index in [1.165, 1.54) is 0 Å². The predicted molar refractivity (Wildman–Crippen MR) is 60.0 cm³/mol. The zero-order valence-corrected chi connectivity index (χ0v) is 9.53. The van der Waals surface area contributed by atoms with Crippen LogP contribution in [0.1, 0.15) is 12.6 Å². The molecule has 1 unspecified atom stereocenters. The summed E-state index contributed by atoms with van der Waals surface area (Å²) in [5.41, 5.74) is 7.69. The summed E-state index contributed by atoms with van der Waals surface area (Å²) >= 11 is 0. The SMILES string of the molecule is Cc1nn(C)c(N2CCOC(C)C2)c1N. The first-order valence-corrected chi connectivity index (χ1v) is 5.25. The standard InChI is InChI=1S/C10H18N4O/c1-7-6-14(4-5-15-7)10-9(11)8(2)12-13(10)3/h7H,4-6,11H2,1-3H3. The molecule has 1 aliphatic rings. The van der Waals surface area contributed by atoms with Gasteiger partial charge in [0.1, 0.15) is 0 Å². The highest BCUT2D eigenvalue weighted by Gasteiger charge is 2.22. The van der Waals surface area contributed by atoms with Crippen molar-refractivity contribution in [2.24, 2.45) is 7.05 Å². The van der Waals surface area contributed by atoms with E-state index >= 15 is 0 Å². The number of aromatic nitrogens is 2. The molecule has 2 heterocycles. The molecule has 0 bridgehead atoms. The van der Waals surface area contributed by atoms with Crippen LogP contribution in [-0.2, 0) is 11.8 Å². The van der Waals surface area contributed by atoms with Crippen molar-refractivity contribution in [2.45, 2.75) is 20.0 Å². The van der Waals surface area contributed by atoms with Crippen LogP contribution in [0.4, 0.5) is 11.5 Å². The van der Waals surface area contributed by atoms with Gasteiger partial charge in [0.2, 0.25) is 0 Å². The van der Waals surface area contributed by atoms with Gasteiger partial charge in [-0.2, -0.15) is 5.10 Å². The molecule has 1 fully saturated rings. The van der Waals surface area contributed by atoms with Crippen molar-refractivity contribution in [3.05, 3.63) is 5.69 Å². The molecule has 0 radical (unpaired) electrons. The molecular formula is C10H18N4O. The number of hydrogen-bond acceptors (Lipinski definition) is 4. The molecule has 1 atom stereocenters.